The van der Waals surface area contributed by atoms with Gasteiger partial charge in [0, 0.05) is 29.3 Å². The number of aromatic hydroxyl groups is 1. The monoisotopic (exact) mass is 603 g/mol. The van der Waals surface area contributed by atoms with Gasteiger partial charge in [0.1, 0.15) is 23.3 Å². The summed E-state index contributed by atoms with van der Waals surface area (Å²) >= 11 is 4.13. The summed E-state index contributed by atoms with van der Waals surface area (Å²) in [6, 6.07) is 6.41. The van der Waals surface area contributed by atoms with E-state index in [1.807, 2.05) is 0 Å². The Kier molecular flexibility index (Phi) is 7.69. The first kappa shape index (κ1) is 27.1. The van der Waals surface area contributed by atoms with Crippen LogP contribution in [0.5, 0.6) is 17.2 Å². The lowest BCUT2D eigenvalue weighted by molar-refractivity contribution is -0.385. The molecule has 2 heterocycles. The highest BCUT2D eigenvalue weighted by molar-refractivity contribution is 9.10. The van der Waals surface area contributed by atoms with Crippen molar-refractivity contribution in [2.24, 2.45) is 4.99 Å². The van der Waals surface area contributed by atoms with E-state index in [-0.39, 0.29) is 38.2 Å². The summed E-state index contributed by atoms with van der Waals surface area (Å²) in [5.74, 6) is -0.00633. The molecule has 198 valence electrons. The smallest absolute Gasteiger partial charge is 0.338 e. The fraction of sp³-hybridized carbons (Fsp3) is 0.240. The van der Waals surface area contributed by atoms with Gasteiger partial charge in [-0.25, -0.2) is 9.79 Å². The quantitative estimate of drug-likeness (QED) is 0.246. The maximum Gasteiger partial charge on any atom is 0.338 e. The van der Waals surface area contributed by atoms with Crippen molar-refractivity contribution in [3.63, 3.8) is 0 Å². The molecule has 13 heteroatoms. The second-order valence-corrected chi connectivity index (χ2v) is 9.90. The number of nitro benzene ring substituents is 1. The van der Waals surface area contributed by atoms with Crippen LogP contribution in [-0.4, -0.2) is 41.4 Å². The molecule has 2 aromatic carbocycles. The standard InChI is InChI=1S/C25H22BrN3O8S/c1-5-37-24(32)20-12(2)27-25-28(21(20)16-7-6-15(35-3)11-18(16)36-4)23(31)19(38-25)9-13-8-14(29(33)34)10-17(26)22(13)30/h6-11,21,30H,5H2,1-4H3/b19-9-/t21-/m0/s1. The summed E-state index contributed by atoms with van der Waals surface area (Å²) in [6.45, 7) is 3.44. The van der Waals surface area contributed by atoms with Gasteiger partial charge in [-0.05, 0) is 48.0 Å². The number of rotatable bonds is 7. The van der Waals surface area contributed by atoms with Crippen molar-refractivity contribution < 1.29 is 29.0 Å². The van der Waals surface area contributed by atoms with Gasteiger partial charge in [0.05, 0.1) is 46.0 Å². The molecule has 0 saturated heterocycles. The molecule has 1 aliphatic rings. The van der Waals surface area contributed by atoms with Gasteiger partial charge in [-0.3, -0.25) is 19.5 Å². The zero-order valence-electron chi connectivity index (χ0n) is 20.7. The van der Waals surface area contributed by atoms with E-state index >= 15 is 0 Å². The van der Waals surface area contributed by atoms with Crippen LogP contribution in [0, 0.1) is 10.1 Å². The Labute approximate surface area is 228 Å². The number of carbonyl (C=O) groups excluding carboxylic acids is 1. The van der Waals surface area contributed by atoms with Gasteiger partial charge in [-0.1, -0.05) is 11.3 Å². The third-order valence-corrected chi connectivity index (χ3v) is 7.41. The maximum atomic E-state index is 13.8. The van der Waals surface area contributed by atoms with E-state index in [1.165, 1.54) is 30.9 Å². The molecule has 0 bridgehead atoms. The topological polar surface area (TPSA) is 142 Å². The fourth-order valence-corrected chi connectivity index (χ4v) is 5.59. The first-order valence-corrected chi connectivity index (χ1v) is 12.8. The Hall–Kier alpha value is -3.97. The molecule has 0 saturated carbocycles. The number of methoxy groups -OCH3 is 2. The summed E-state index contributed by atoms with van der Waals surface area (Å²) in [4.78, 5) is 42.4. The van der Waals surface area contributed by atoms with E-state index in [2.05, 4.69) is 20.9 Å². The van der Waals surface area contributed by atoms with E-state index in [9.17, 15) is 24.8 Å². The third-order valence-electron chi connectivity index (χ3n) is 5.83. The van der Waals surface area contributed by atoms with Crippen molar-refractivity contribution in [3.8, 4) is 17.2 Å². The molecule has 1 aromatic heterocycles. The Morgan fingerprint density at radius 2 is 2.03 bits per heavy atom. The molecule has 1 N–H and O–H groups in total. The number of phenolic OH excluding ortho intramolecular Hbond substituents is 1. The van der Waals surface area contributed by atoms with E-state index in [1.54, 1.807) is 32.0 Å². The fourth-order valence-electron chi connectivity index (χ4n) is 4.09. The molecule has 1 aliphatic heterocycles. The summed E-state index contributed by atoms with van der Waals surface area (Å²) in [5.41, 5.74) is 0.300. The van der Waals surface area contributed by atoms with Gasteiger partial charge in [0.2, 0.25) is 0 Å². The van der Waals surface area contributed by atoms with E-state index in [0.29, 0.717) is 27.6 Å². The second kappa shape index (κ2) is 10.8. The van der Waals surface area contributed by atoms with Crippen LogP contribution in [-0.2, 0) is 9.53 Å². The predicted octanol–water partition coefficient (Wildman–Crippen LogP) is 3.19. The SMILES string of the molecule is CCOC(=O)C1=C(C)N=c2s/c(=C\c3cc([N+](=O)[O-])cc(Br)c3O)c(=O)n2[C@H]1c1ccc(OC)cc1OC. The molecule has 0 spiro atoms. The van der Waals surface area contributed by atoms with Crippen molar-refractivity contribution in [2.45, 2.75) is 19.9 Å². The predicted molar refractivity (Wildman–Crippen MR) is 142 cm³/mol. The summed E-state index contributed by atoms with van der Waals surface area (Å²) in [5, 5.41) is 21.8. The Morgan fingerprint density at radius 1 is 1.29 bits per heavy atom. The van der Waals surface area contributed by atoms with Crippen molar-refractivity contribution in [3.05, 3.63) is 87.0 Å². The number of carbonyl (C=O) groups is 1. The zero-order chi connectivity index (χ0) is 27.7. The van der Waals surface area contributed by atoms with Crippen LogP contribution in [0.2, 0.25) is 0 Å². The number of ether oxygens (including phenoxy) is 3. The highest BCUT2D eigenvalue weighted by Gasteiger charge is 2.35. The normalized spacial score (nSPS) is 15.1. The molecule has 4 rings (SSSR count). The second-order valence-electron chi connectivity index (χ2n) is 8.03. The van der Waals surface area contributed by atoms with Gasteiger partial charge >= 0.3 is 5.97 Å². The van der Waals surface area contributed by atoms with Crippen molar-refractivity contribution in [1.29, 1.82) is 0 Å². The lowest BCUT2D eigenvalue weighted by atomic mass is 9.95. The van der Waals surface area contributed by atoms with Gasteiger partial charge in [0.25, 0.3) is 11.2 Å². The number of non-ortho nitro benzene ring substituents is 1. The molecular formula is C25H22BrN3O8S. The lowest BCUT2D eigenvalue weighted by Gasteiger charge is -2.26. The van der Waals surface area contributed by atoms with Gasteiger partial charge in [-0.15, -0.1) is 0 Å². The summed E-state index contributed by atoms with van der Waals surface area (Å²) < 4.78 is 17.8. The van der Waals surface area contributed by atoms with Crippen LogP contribution in [0.1, 0.15) is 31.0 Å². The van der Waals surface area contributed by atoms with Gasteiger partial charge < -0.3 is 19.3 Å². The number of hydrogen-bond donors (Lipinski definition) is 1. The highest BCUT2D eigenvalue weighted by atomic mass is 79.9. The summed E-state index contributed by atoms with van der Waals surface area (Å²) in [6.07, 6.45) is 1.35. The Balaban J connectivity index is 2.02. The molecular weight excluding hydrogens is 582 g/mol. The molecule has 0 aliphatic carbocycles. The number of nitro groups is 1. The molecule has 38 heavy (non-hydrogen) atoms. The third kappa shape index (κ3) is 4.82. The molecule has 11 nitrogen and oxygen atoms in total. The maximum absolute atomic E-state index is 13.8. The van der Waals surface area contributed by atoms with Crippen LogP contribution < -0.4 is 24.4 Å². The zero-order valence-corrected chi connectivity index (χ0v) is 23.1. The molecule has 0 radical (unpaired) electrons. The highest BCUT2D eigenvalue weighted by Crippen LogP contribution is 2.38. The minimum absolute atomic E-state index is 0.0660. The largest absolute Gasteiger partial charge is 0.506 e. The molecule has 0 unspecified atom stereocenters. The van der Waals surface area contributed by atoms with Crippen molar-refractivity contribution in [1.82, 2.24) is 4.57 Å². The molecule has 1 atom stereocenters. The molecule has 3 aromatic rings. The Bertz CT molecular complexity index is 1670. The number of phenols is 1. The first-order valence-electron chi connectivity index (χ1n) is 11.2. The van der Waals surface area contributed by atoms with Crippen LogP contribution in [0.4, 0.5) is 5.69 Å². The average molecular weight is 604 g/mol. The lowest BCUT2D eigenvalue weighted by Crippen LogP contribution is -2.40. The minimum Gasteiger partial charge on any atom is -0.506 e. The number of thiazole rings is 1. The molecule has 0 amide bonds. The molecule has 0 fully saturated rings. The van der Waals surface area contributed by atoms with Crippen LogP contribution in [0.25, 0.3) is 6.08 Å². The van der Waals surface area contributed by atoms with Crippen molar-refractivity contribution in [2.75, 3.05) is 20.8 Å². The summed E-state index contributed by atoms with van der Waals surface area (Å²) in [7, 11) is 2.97. The minimum atomic E-state index is -0.946. The van der Waals surface area contributed by atoms with Gasteiger partial charge in [0.15, 0.2) is 4.80 Å². The number of halogens is 1. The number of aromatic nitrogens is 1. The van der Waals surface area contributed by atoms with Crippen LogP contribution >= 0.6 is 27.3 Å². The van der Waals surface area contributed by atoms with E-state index in [0.717, 1.165) is 17.4 Å². The Morgan fingerprint density at radius 3 is 2.66 bits per heavy atom. The number of benzene rings is 2. The first-order chi connectivity index (χ1) is 18.1. The number of allylic oxidation sites excluding steroid dienone is 1. The van der Waals surface area contributed by atoms with E-state index < -0.39 is 22.5 Å². The van der Waals surface area contributed by atoms with Crippen LogP contribution in [0.15, 0.2) is 55.9 Å². The average Bonchev–Trinajstić information content (AvgIpc) is 3.19. The van der Waals surface area contributed by atoms with Gasteiger partial charge in [-0.2, -0.15) is 0 Å². The van der Waals surface area contributed by atoms with Crippen molar-refractivity contribution >= 4 is 45.0 Å². The van der Waals surface area contributed by atoms with Crippen LogP contribution in [0.3, 0.4) is 0 Å². The number of hydrogen-bond acceptors (Lipinski definition) is 10. The number of esters is 1. The number of nitrogens with zero attached hydrogens (tertiary/aromatic N) is 3. The number of fused-ring (bicyclic) bond motifs is 1. The van der Waals surface area contributed by atoms with E-state index in [4.69, 9.17) is 14.2 Å².